The van der Waals surface area contributed by atoms with E-state index in [9.17, 15) is 20.0 Å². The summed E-state index contributed by atoms with van der Waals surface area (Å²) in [6, 6.07) is 14.4. The molecule has 0 saturated heterocycles. The van der Waals surface area contributed by atoms with E-state index in [0.29, 0.717) is 27.4 Å². The van der Waals surface area contributed by atoms with Crippen molar-refractivity contribution in [3.05, 3.63) is 88.2 Å². The van der Waals surface area contributed by atoms with E-state index in [4.69, 9.17) is 9.47 Å². The Morgan fingerprint density at radius 2 is 2.06 bits per heavy atom. The van der Waals surface area contributed by atoms with Crippen LogP contribution in [0.25, 0.3) is 11.3 Å². The number of nitrogens with zero attached hydrogens (tertiary/aromatic N) is 2. The van der Waals surface area contributed by atoms with Crippen molar-refractivity contribution in [1.82, 2.24) is 4.98 Å². The van der Waals surface area contributed by atoms with E-state index in [1.54, 1.807) is 73.0 Å². The number of carboxylic acids is 1. The standard InChI is InChI=1S/C27H23N3O5S/c1-27(12-6-5-9-19(27)26(32)33)20-14-21(17-8-3-4-10-22(17)35-16-34-2)29-24(18(20)15-28)30-25(31)23-11-7-13-36-23/h3-14,19H,16H2,1-2H3,(H,32,33)(H,29,30,31). The lowest BCUT2D eigenvalue weighted by atomic mass is 9.68. The number of nitrogens with one attached hydrogen (secondary N) is 1. The summed E-state index contributed by atoms with van der Waals surface area (Å²) < 4.78 is 10.8. The van der Waals surface area contributed by atoms with E-state index in [0.717, 1.165) is 0 Å². The summed E-state index contributed by atoms with van der Waals surface area (Å²) in [6.07, 6.45) is 6.76. The Morgan fingerprint density at radius 1 is 1.25 bits per heavy atom. The van der Waals surface area contributed by atoms with E-state index in [-0.39, 0.29) is 18.2 Å². The molecular formula is C27H23N3O5S. The number of aromatic nitrogens is 1. The van der Waals surface area contributed by atoms with Crippen molar-refractivity contribution in [2.75, 3.05) is 19.2 Å². The molecule has 0 aliphatic heterocycles. The quantitative estimate of drug-likeness (QED) is 0.417. The van der Waals surface area contributed by atoms with Crippen LogP contribution in [0.2, 0.25) is 0 Å². The third-order valence-electron chi connectivity index (χ3n) is 5.95. The highest BCUT2D eigenvalue weighted by molar-refractivity contribution is 7.12. The van der Waals surface area contributed by atoms with Crippen LogP contribution in [0.15, 0.2) is 72.1 Å². The Balaban J connectivity index is 1.95. The lowest BCUT2D eigenvalue weighted by Crippen LogP contribution is -2.36. The summed E-state index contributed by atoms with van der Waals surface area (Å²) in [4.78, 5) is 30.2. The van der Waals surface area contributed by atoms with Gasteiger partial charge in [0.2, 0.25) is 0 Å². The Hall–Kier alpha value is -4.26. The zero-order valence-corrected chi connectivity index (χ0v) is 20.4. The number of hydrogen-bond donors (Lipinski definition) is 2. The minimum absolute atomic E-state index is 0.00839. The Labute approximate surface area is 212 Å². The van der Waals surface area contributed by atoms with Crippen molar-refractivity contribution < 1.29 is 24.2 Å². The van der Waals surface area contributed by atoms with Crippen LogP contribution < -0.4 is 10.1 Å². The SMILES string of the molecule is COCOc1ccccc1-c1cc(C2(C)C=CC=CC2C(=O)O)c(C#N)c(NC(=O)c2cccs2)n1. The van der Waals surface area contributed by atoms with Crippen molar-refractivity contribution in [2.24, 2.45) is 5.92 Å². The van der Waals surface area contributed by atoms with Crippen LogP contribution in [-0.4, -0.2) is 35.9 Å². The normalized spacial score (nSPS) is 18.4. The number of amides is 1. The molecule has 0 radical (unpaired) electrons. The minimum Gasteiger partial charge on any atom is -0.481 e. The van der Waals surface area contributed by atoms with Gasteiger partial charge in [0.1, 0.15) is 11.8 Å². The fraction of sp³-hybridized carbons (Fsp3) is 0.185. The monoisotopic (exact) mass is 501 g/mol. The molecule has 0 fully saturated rings. The number of para-hydroxylation sites is 1. The van der Waals surface area contributed by atoms with Gasteiger partial charge in [0, 0.05) is 18.1 Å². The molecule has 8 nitrogen and oxygen atoms in total. The molecule has 1 aliphatic rings. The number of methoxy groups -OCH3 is 1. The smallest absolute Gasteiger partial charge is 0.311 e. The van der Waals surface area contributed by atoms with Gasteiger partial charge in [-0.3, -0.25) is 9.59 Å². The average molecular weight is 502 g/mol. The zero-order chi connectivity index (χ0) is 25.7. The van der Waals surface area contributed by atoms with Gasteiger partial charge in [-0.05, 0) is 35.2 Å². The number of ether oxygens (including phenoxy) is 2. The minimum atomic E-state index is -1.09. The maximum absolute atomic E-state index is 12.9. The molecule has 9 heteroatoms. The van der Waals surface area contributed by atoms with Gasteiger partial charge >= 0.3 is 5.97 Å². The van der Waals surface area contributed by atoms with Crippen LogP contribution >= 0.6 is 11.3 Å². The molecule has 1 amide bonds. The van der Waals surface area contributed by atoms with Gasteiger partial charge in [-0.2, -0.15) is 5.26 Å². The van der Waals surface area contributed by atoms with Crippen LogP contribution in [0.5, 0.6) is 5.75 Å². The van der Waals surface area contributed by atoms with Gasteiger partial charge in [0.05, 0.1) is 22.1 Å². The first-order chi connectivity index (χ1) is 17.4. The molecule has 0 saturated carbocycles. The Kier molecular flexibility index (Phi) is 7.29. The molecule has 2 aromatic heterocycles. The lowest BCUT2D eigenvalue weighted by Gasteiger charge is -2.34. The van der Waals surface area contributed by atoms with Gasteiger partial charge < -0.3 is 19.9 Å². The van der Waals surface area contributed by atoms with Gasteiger partial charge in [0.25, 0.3) is 5.91 Å². The summed E-state index contributed by atoms with van der Waals surface area (Å²) in [5, 5.41) is 24.7. The number of carbonyl (C=O) groups excluding carboxylic acids is 1. The first-order valence-electron chi connectivity index (χ1n) is 11.0. The van der Waals surface area contributed by atoms with Gasteiger partial charge in [-0.15, -0.1) is 11.3 Å². The molecule has 4 rings (SSSR count). The van der Waals surface area contributed by atoms with E-state index in [1.165, 1.54) is 18.4 Å². The molecule has 0 bridgehead atoms. The largest absolute Gasteiger partial charge is 0.481 e. The molecule has 2 unspecified atom stereocenters. The number of pyridine rings is 1. The molecule has 2 heterocycles. The van der Waals surface area contributed by atoms with Crippen LogP contribution in [0.4, 0.5) is 5.82 Å². The van der Waals surface area contributed by atoms with Crippen molar-refractivity contribution in [3.8, 4) is 23.1 Å². The van der Waals surface area contributed by atoms with Crippen LogP contribution in [-0.2, 0) is 14.9 Å². The highest BCUT2D eigenvalue weighted by Gasteiger charge is 2.41. The number of allylic oxidation sites excluding steroid dienone is 3. The Morgan fingerprint density at radius 3 is 2.75 bits per heavy atom. The molecule has 36 heavy (non-hydrogen) atoms. The van der Waals surface area contributed by atoms with Gasteiger partial charge in [0.15, 0.2) is 12.6 Å². The summed E-state index contributed by atoms with van der Waals surface area (Å²) in [6.45, 7) is 1.76. The highest BCUT2D eigenvalue weighted by Crippen LogP contribution is 2.43. The van der Waals surface area contributed by atoms with E-state index < -0.39 is 23.2 Å². The summed E-state index contributed by atoms with van der Waals surface area (Å²) in [5.41, 5.74) is 0.426. The molecule has 0 spiro atoms. The van der Waals surface area contributed by atoms with Gasteiger partial charge in [-0.1, -0.05) is 49.4 Å². The number of hydrogen-bond acceptors (Lipinski definition) is 7. The molecule has 3 aromatic rings. The van der Waals surface area contributed by atoms with Crippen LogP contribution in [0.3, 0.4) is 0 Å². The second kappa shape index (κ2) is 10.6. The van der Waals surface area contributed by atoms with Crippen molar-refractivity contribution >= 4 is 29.0 Å². The maximum Gasteiger partial charge on any atom is 0.311 e. The maximum atomic E-state index is 12.9. The second-order valence-corrected chi connectivity index (χ2v) is 9.16. The molecular weight excluding hydrogens is 478 g/mol. The van der Waals surface area contributed by atoms with Crippen molar-refractivity contribution in [3.63, 3.8) is 0 Å². The topological polar surface area (TPSA) is 122 Å². The fourth-order valence-electron chi connectivity index (χ4n) is 4.15. The summed E-state index contributed by atoms with van der Waals surface area (Å²) in [5.74, 6) is -1.87. The number of benzene rings is 1. The number of carboxylic acid groups (broad SMARTS) is 1. The predicted molar refractivity (Wildman–Crippen MR) is 136 cm³/mol. The number of carbonyl (C=O) groups is 2. The van der Waals surface area contributed by atoms with Crippen LogP contribution in [0.1, 0.15) is 27.7 Å². The zero-order valence-electron chi connectivity index (χ0n) is 19.6. The predicted octanol–water partition coefficient (Wildman–Crippen LogP) is 5.00. The van der Waals surface area contributed by atoms with Gasteiger partial charge in [-0.25, -0.2) is 4.98 Å². The van der Waals surface area contributed by atoms with E-state index in [1.807, 2.05) is 6.07 Å². The van der Waals surface area contributed by atoms with E-state index >= 15 is 0 Å². The molecule has 1 aliphatic carbocycles. The highest BCUT2D eigenvalue weighted by atomic mass is 32.1. The van der Waals surface area contributed by atoms with E-state index in [2.05, 4.69) is 16.4 Å². The molecule has 2 atom stereocenters. The van der Waals surface area contributed by atoms with Crippen molar-refractivity contribution in [2.45, 2.75) is 12.3 Å². The summed E-state index contributed by atoms with van der Waals surface area (Å²) in [7, 11) is 1.51. The Bertz CT molecular complexity index is 1390. The number of thiophene rings is 1. The third-order valence-corrected chi connectivity index (χ3v) is 6.82. The first-order valence-corrected chi connectivity index (χ1v) is 11.9. The van der Waals surface area contributed by atoms with Crippen molar-refractivity contribution in [1.29, 1.82) is 5.26 Å². The number of aliphatic carboxylic acids is 1. The first kappa shape index (κ1) is 24.9. The molecule has 1 aromatic carbocycles. The molecule has 182 valence electrons. The lowest BCUT2D eigenvalue weighted by molar-refractivity contribution is -0.141. The second-order valence-electron chi connectivity index (χ2n) is 8.21. The number of rotatable bonds is 8. The average Bonchev–Trinajstić information content (AvgIpc) is 3.42. The molecule has 2 N–H and O–H groups in total. The number of nitriles is 1. The third kappa shape index (κ3) is 4.77. The summed E-state index contributed by atoms with van der Waals surface area (Å²) >= 11 is 1.26. The number of anilines is 1. The van der Waals surface area contributed by atoms with Crippen LogP contribution in [0, 0.1) is 17.2 Å². The fourth-order valence-corrected chi connectivity index (χ4v) is 4.76.